The minimum Gasteiger partial charge on any atom is -0.388 e. The predicted molar refractivity (Wildman–Crippen MR) is 101 cm³/mol. The van der Waals surface area contributed by atoms with Gasteiger partial charge < -0.3 is 15.6 Å². The Morgan fingerprint density at radius 1 is 0.880 bits per heavy atom. The number of rotatable bonds is 17. The summed E-state index contributed by atoms with van der Waals surface area (Å²) in [7, 11) is -1.48. The van der Waals surface area contributed by atoms with Crippen LogP contribution in [0.5, 0.6) is 0 Å². The Labute approximate surface area is 154 Å². The maximum absolute atomic E-state index is 10.9. The van der Waals surface area contributed by atoms with Gasteiger partial charge in [0, 0.05) is 6.61 Å². The van der Waals surface area contributed by atoms with Gasteiger partial charge in [-0.2, -0.15) is 8.42 Å². The molecule has 1 atom stereocenters. The molecule has 154 valence electrons. The Hall–Kier alpha value is -0.250. The van der Waals surface area contributed by atoms with Crippen molar-refractivity contribution in [3.8, 4) is 0 Å². The molecule has 0 aromatic rings. The van der Waals surface area contributed by atoms with Crippen LogP contribution in [0.25, 0.3) is 0 Å². The van der Waals surface area contributed by atoms with Crippen LogP contribution < -0.4 is 5.73 Å². The lowest BCUT2D eigenvalue weighted by molar-refractivity contribution is 0.00943. The molecule has 0 aliphatic rings. The van der Waals surface area contributed by atoms with Gasteiger partial charge >= 0.3 is 10.4 Å². The second kappa shape index (κ2) is 20.1. The molecule has 0 heterocycles. The Morgan fingerprint density at radius 3 is 1.84 bits per heavy atom. The van der Waals surface area contributed by atoms with E-state index in [1.165, 1.54) is 58.4 Å². The van der Waals surface area contributed by atoms with Gasteiger partial charge in [-0.1, -0.05) is 64.7 Å². The number of ether oxygens (including phenoxy) is 1. The lowest BCUT2D eigenvalue weighted by atomic mass is 10.1. The van der Waals surface area contributed by atoms with E-state index < -0.39 is 16.5 Å². The van der Waals surface area contributed by atoms with Crippen LogP contribution in [0, 0.1) is 0 Å². The minimum atomic E-state index is -3.99. The molecule has 0 aliphatic carbocycles. The second-order valence-corrected chi connectivity index (χ2v) is 7.16. The first-order valence-electron chi connectivity index (χ1n) is 9.30. The van der Waals surface area contributed by atoms with Crippen LogP contribution in [0.15, 0.2) is 0 Å². The molecule has 0 saturated carbocycles. The van der Waals surface area contributed by atoms with Crippen LogP contribution in [-0.4, -0.2) is 53.6 Å². The van der Waals surface area contributed by atoms with Gasteiger partial charge in [-0.25, -0.2) is 4.18 Å². The number of nitrogens with two attached hydrogens (primary N) is 1. The molecule has 25 heavy (non-hydrogen) atoms. The fourth-order valence-corrected chi connectivity index (χ4v) is 2.59. The zero-order valence-corrected chi connectivity index (χ0v) is 17.1. The third-order valence-corrected chi connectivity index (χ3v) is 4.39. The van der Waals surface area contributed by atoms with Crippen molar-refractivity contribution in [3.05, 3.63) is 0 Å². The van der Waals surface area contributed by atoms with Crippen LogP contribution in [0.3, 0.4) is 0 Å². The molecule has 8 heteroatoms. The molecule has 0 bridgehead atoms. The van der Waals surface area contributed by atoms with Gasteiger partial charge in [-0.05, 0) is 13.5 Å². The highest BCUT2D eigenvalue weighted by Crippen LogP contribution is 2.10. The summed E-state index contributed by atoms with van der Waals surface area (Å²) < 4.78 is 35.6. The summed E-state index contributed by atoms with van der Waals surface area (Å²) >= 11 is 0. The molecule has 1 unspecified atom stereocenters. The predicted octanol–water partition coefficient (Wildman–Crippen LogP) is 2.77. The van der Waals surface area contributed by atoms with E-state index >= 15 is 0 Å². The van der Waals surface area contributed by atoms with Gasteiger partial charge in [-0.3, -0.25) is 4.18 Å². The van der Waals surface area contributed by atoms with E-state index in [0.29, 0.717) is 6.61 Å². The van der Waals surface area contributed by atoms with E-state index in [1.807, 2.05) is 0 Å². The third kappa shape index (κ3) is 21.7. The van der Waals surface area contributed by atoms with E-state index in [4.69, 9.17) is 4.74 Å². The zero-order chi connectivity index (χ0) is 19.4. The van der Waals surface area contributed by atoms with Crippen molar-refractivity contribution < 1.29 is 26.6 Å². The first-order chi connectivity index (χ1) is 12.0. The monoisotopic (exact) mass is 385 g/mol. The summed E-state index contributed by atoms with van der Waals surface area (Å²) in [6, 6.07) is 0. The van der Waals surface area contributed by atoms with Crippen LogP contribution in [0.1, 0.15) is 71.1 Å². The van der Waals surface area contributed by atoms with E-state index in [-0.39, 0.29) is 13.2 Å². The number of hydrogen-bond donors (Lipinski definition) is 2. The van der Waals surface area contributed by atoms with Crippen LogP contribution >= 0.6 is 0 Å². The van der Waals surface area contributed by atoms with E-state index in [2.05, 4.69) is 21.0 Å². The molecule has 0 aliphatic heterocycles. The average molecular weight is 386 g/mol. The third-order valence-electron chi connectivity index (χ3n) is 3.56. The van der Waals surface area contributed by atoms with E-state index in [9.17, 15) is 13.5 Å². The van der Waals surface area contributed by atoms with Crippen LogP contribution in [0.2, 0.25) is 0 Å². The van der Waals surface area contributed by atoms with Gasteiger partial charge in [0.2, 0.25) is 0 Å². The molecule has 3 N–H and O–H groups in total. The first-order valence-corrected chi connectivity index (χ1v) is 10.6. The smallest absolute Gasteiger partial charge is 0.388 e. The fourth-order valence-electron chi connectivity index (χ4n) is 2.17. The SMILES string of the molecule is CCCCCCCCCCCCOCC(O)COS(=O)(=O)OC.CN. The van der Waals surface area contributed by atoms with E-state index in [1.54, 1.807) is 0 Å². The van der Waals surface area contributed by atoms with Gasteiger partial charge in [0.05, 0.1) is 20.3 Å². The Balaban J connectivity index is 0. The maximum atomic E-state index is 10.9. The number of unbranched alkanes of at least 4 members (excludes halogenated alkanes) is 9. The summed E-state index contributed by atoms with van der Waals surface area (Å²) in [4.78, 5) is 0. The second-order valence-electron chi connectivity index (χ2n) is 5.77. The number of aliphatic hydroxyl groups is 1. The molecule has 0 amide bonds. The molecule has 0 spiro atoms. The summed E-state index contributed by atoms with van der Waals surface area (Å²) in [5, 5.41) is 9.50. The molecular formula is C17H39NO6S. The minimum absolute atomic E-state index is 0.0661. The maximum Gasteiger partial charge on any atom is 0.399 e. The lowest BCUT2D eigenvalue weighted by Crippen LogP contribution is -2.24. The Morgan fingerprint density at radius 2 is 1.36 bits per heavy atom. The molecule has 0 fully saturated rings. The van der Waals surface area contributed by atoms with Gasteiger partial charge in [-0.15, -0.1) is 0 Å². The highest BCUT2D eigenvalue weighted by Gasteiger charge is 2.13. The van der Waals surface area contributed by atoms with Crippen molar-refractivity contribution in [1.82, 2.24) is 0 Å². The summed E-state index contributed by atoms with van der Waals surface area (Å²) in [5.41, 5.74) is 4.50. The van der Waals surface area contributed by atoms with Crippen molar-refractivity contribution in [2.45, 2.75) is 77.2 Å². The number of aliphatic hydroxyl groups excluding tert-OH is 1. The molecule has 0 aromatic carbocycles. The van der Waals surface area contributed by atoms with Crippen molar-refractivity contribution in [2.75, 3.05) is 34.0 Å². The van der Waals surface area contributed by atoms with Crippen molar-refractivity contribution >= 4 is 10.4 Å². The Kier molecular flexibility index (Phi) is 21.7. The van der Waals surface area contributed by atoms with E-state index in [0.717, 1.165) is 20.0 Å². The molecule has 0 saturated heterocycles. The van der Waals surface area contributed by atoms with Crippen molar-refractivity contribution in [1.29, 1.82) is 0 Å². The quantitative estimate of drug-likeness (QED) is 0.371. The molecular weight excluding hydrogens is 346 g/mol. The molecule has 7 nitrogen and oxygen atoms in total. The average Bonchev–Trinajstić information content (AvgIpc) is 2.62. The van der Waals surface area contributed by atoms with Crippen LogP contribution in [-0.2, 0) is 23.5 Å². The van der Waals surface area contributed by atoms with Gasteiger partial charge in [0.25, 0.3) is 0 Å². The van der Waals surface area contributed by atoms with Crippen molar-refractivity contribution in [2.24, 2.45) is 5.73 Å². The zero-order valence-electron chi connectivity index (χ0n) is 16.2. The van der Waals surface area contributed by atoms with Crippen molar-refractivity contribution in [3.63, 3.8) is 0 Å². The highest BCUT2D eigenvalue weighted by atomic mass is 32.3. The normalized spacial score (nSPS) is 12.5. The fraction of sp³-hybridized carbons (Fsp3) is 1.00. The highest BCUT2D eigenvalue weighted by molar-refractivity contribution is 7.81. The standard InChI is InChI=1S/C16H34O6S.CH5N/c1-3-4-5-6-7-8-9-10-11-12-13-21-14-16(17)15-22-23(18,19)20-2;1-2/h16-17H,3-15H2,1-2H3;2H2,1H3. The summed E-state index contributed by atoms with van der Waals surface area (Å²) in [6.45, 7) is 2.52. The lowest BCUT2D eigenvalue weighted by Gasteiger charge is -2.11. The first kappa shape index (κ1) is 27.0. The van der Waals surface area contributed by atoms with Gasteiger partial charge in [0.1, 0.15) is 6.10 Å². The summed E-state index contributed by atoms with van der Waals surface area (Å²) in [5.74, 6) is 0. The molecule has 0 radical (unpaired) electrons. The molecule has 0 aromatic heterocycles. The largest absolute Gasteiger partial charge is 0.399 e. The van der Waals surface area contributed by atoms with Crippen LogP contribution in [0.4, 0.5) is 0 Å². The summed E-state index contributed by atoms with van der Waals surface area (Å²) in [6.07, 6.45) is 11.6. The Bertz CT molecular complexity index is 351. The van der Waals surface area contributed by atoms with Gasteiger partial charge in [0.15, 0.2) is 0 Å². The number of hydrogen-bond acceptors (Lipinski definition) is 7. The topological polar surface area (TPSA) is 108 Å². The molecule has 0 rings (SSSR count).